The zero-order valence-corrected chi connectivity index (χ0v) is 18.2. The molecule has 0 aromatic heterocycles. The van der Waals surface area contributed by atoms with Crippen molar-refractivity contribution in [2.75, 3.05) is 19.7 Å². The third-order valence-corrected chi connectivity index (χ3v) is 6.99. The van der Waals surface area contributed by atoms with E-state index in [9.17, 15) is 5.11 Å². The van der Waals surface area contributed by atoms with E-state index in [0.717, 1.165) is 49.9 Å². The highest BCUT2D eigenvalue weighted by Gasteiger charge is 2.22. The maximum Gasteiger partial charge on any atom is 0.119 e. The molecule has 0 amide bonds. The summed E-state index contributed by atoms with van der Waals surface area (Å²) in [6.07, 6.45) is 9.54. The molecule has 1 heterocycles. The number of hydrogen-bond donors (Lipinski definition) is 1. The van der Waals surface area contributed by atoms with Gasteiger partial charge in [-0.05, 0) is 80.3 Å². The molecular weight excluding hydrogens is 370 g/mol. The van der Waals surface area contributed by atoms with Crippen LogP contribution in [0.2, 0.25) is 0 Å². The van der Waals surface area contributed by atoms with Gasteiger partial charge in [0.15, 0.2) is 0 Å². The lowest BCUT2D eigenvalue weighted by molar-refractivity contribution is 0.105. The van der Waals surface area contributed by atoms with Crippen LogP contribution in [0.4, 0.5) is 0 Å². The standard InChI is InChI=1S/C27H37NO2/c29-27(19-22-15-17-28(18-16-22)20-23-7-3-1-4-8-23)25-11-13-26(14-12-25)30-21-24-9-5-2-6-10-24/h1,3-4,7-8,11-14,22,24,27,29H,2,5-6,9-10,15-21H2. The minimum absolute atomic E-state index is 0.372. The SMILES string of the molecule is OC(CC1CCN(Cc2ccccc2)CC1)c1ccc(OCC2CCCCC2)cc1. The van der Waals surface area contributed by atoms with E-state index < -0.39 is 0 Å². The third kappa shape index (κ3) is 6.33. The fourth-order valence-electron chi connectivity index (χ4n) is 5.03. The van der Waals surface area contributed by atoms with Gasteiger partial charge >= 0.3 is 0 Å². The highest BCUT2D eigenvalue weighted by atomic mass is 16.5. The van der Waals surface area contributed by atoms with Crippen molar-refractivity contribution < 1.29 is 9.84 Å². The minimum atomic E-state index is -0.372. The highest BCUT2D eigenvalue weighted by Crippen LogP contribution is 2.30. The molecule has 1 saturated heterocycles. The van der Waals surface area contributed by atoms with Crippen molar-refractivity contribution in [2.45, 2.75) is 64.0 Å². The van der Waals surface area contributed by atoms with Gasteiger partial charge in [0.2, 0.25) is 0 Å². The number of hydrogen-bond acceptors (Lipinski definition) is 3. The van der Waals surface area contributed by atoms with E-state index in [0.29, 0.717) is 5.92 Å². The molecular formula is C27H37NO2. The van der Waals surface area contributed by atoms with Crippen molar-refractivity contribution in [2.24, 2.45) is 11.8 Å². The summed E-state index contributed by atoms with van der Waals surface area (Å²) in [5.74, 6) is 2.26. The summed E-state index contributed by atoms with van der Waals surface area (Å²) >= 11 is 0. The van der Waals surface area contributed by atoms with Gasteiger partial charge in [-0.3, -0.25) is 4.90 Å². The smallest absolute Gasteiger partial charge is 0.119 e. The number of ether oxygens (including phenoxy) is 1. The van der Waals surface area contributed by atoms with Crippen molar-refractivity contribution in [3.63, 3.8) is 0 Å². The molecule has 2 aromatic carbocycles. The van der Waals surface area contributed by atoms with E-state index >= 15 is 0 Å². The molecule has 30 heavy (non-hydrogen) atoms. The van der Waals surface area contributed by atoms with Crippen LogP contribution in [-0.4, -0.2) is 29.7 Å². The van der Waals surface area contributed by atoms with Crippen molar-refractivity contribution in [3.05, 3.63) is 65.7 Å². The molecule has 3 nitrogen and oxygen atoms in total. The van der Waals surface area contributed by atoms with Gasteiger partial charge in [0.25, 0.3) is 0 Å². The van der Waals surface area contributed by atoms with Gasteiger partial charge in [-0.15, -0.1) is 0 Å². The highest BCUT2D eigenvalue weighted by molar-refractivity contribution is 5.28. The molecule has 3 heteroatoms. The molecule has 1 aliphatic carbocycles. The molecule has 2 aromatic rings. The summed E-state index contributed by atoms with van der Waals surface area (Å²) in [6, 6.07) is 18.9. The lowest BCUT2D eigenvalue weighted by atomic mass is 9.89. The lowest BCUT2D eigenvalue weighted by Gasteiger charge is -2.33. The van der Waals surface area contributed by atoms with E-state index in [4.69, 9.17) is 4.74 Å². The van der Waals surface area contributed by atoms with Crippen molar-refractivity contribution in [3.8, 4) is 5.75 Å². The van der Waals surface area contributed by atoms with Crippen LogP contribution in [0.1, 0.15) is 68.6 Å². The largest absolute Gasteiger partial charge is 0.493 e. The minimum Gasteiger partial charge on any atom is -0.493 e. The monoisotopic (exact) mass is 407 g/mol. The summed E-state index contributed by atoms with van der Waals surface area (Å²) in [5, 5.41) is 10.7. The Morgan fingerprint density at radius 2 is 1.53 bits per heavy atom. The fourth-order valence-corrected chi connectivity index (χ4v) is 5.03. The molecule has 0 radical (unpaired) electrons. The molecule has 0 bridgehead atoms. The van der Waals surface area contributed by atoms with Gasteiger partial charge in [0, 0.05) is 6.54 Å². The molecule has 162 valence electrons. The number of rotatable bonds is 8. The molecule has 1 aliphatic heterocycles. The number of nitrogens with zero attached hydrogens (tertiary/aromatic N) is 1. The van der Waals surface area contributed by atoms with Crippen LogP contribution in [0.15, 0.2) is 54.6 Å². The molecule has 0 spiro atoms. The fraction of sp³-hybridized carbons (Fsp3) is 0.556. The first-order chi connectivity index (χ1) is 14.8. The van der Waals surface area contributed by atoms with Crippen LogP contribution in [0.3, 0.4) is 0 Å². The predicted octanol–water partition coefficient (Wildman–Crippen LogP) is 5.98. The van der Waals surface area contributed by atoms with Crippen LogP contribution in [0.25, 0.3) is 0 Å². The maximum atomic E-state index is 10.7. The first-order valence-electron chi connectivity index (χ1n) is 11.9. The number of likely N-dealkylation sites (tertiary alicyclic amines) is 1. The average molecular weight is 408 g/mol. The molecule has 4 rings (SSSR count). The van der Waals surface area contributed by atoms with Gasteiger partial charge in [-0.1, -0.05) is 61.7 Å². The van der Waals surface area contributed by atoms with Crippen LogP contribution < -0.4 is 4.74 Å². The molecule has 1 saturated carbocycles. The van der Waals surface area contributed by atoms with Crippen molar-refractivity contribution >= 4 is 0 Å². The van der Waals surface area contributed by atoms with Crippen molar-refractivity contribution in [1.82, 2.24) is 4.90 Å². The molecule has 1 unspecified atom stereocenters. The Morgan fingerprint density at radius 1 is 0.833 bits per heavy atom. The van der Waals surface area contributed by atoms with Gasteiger partial charge in [-0.2, -0.15) is 0 Å². The summed E-state index contributed by atoms with van der Waals surface area (Å²) in [7, 11) is 0. The number of benzene rings is 2. The number of piperidine rings is 1. The quantitative estimate of drug-likeness (QED) is 0.584. The third-order valence-electron chi connectivity index (χ3n) is 6.99. The van der Waals surface area contributed by atoms with E-state index in [1.807, 2.05) is 24.3 Å². The van der Waals surface area contributed by atoms with Gasteiger partial charge in [-0.25, -0.2) is 0 Å². The molecule has 1 atom stereocenters. The summed E-state index contributed by atoms with van der Waals surface area (Å²) < 4.78 is 6.00. The van der Waals surface area contributed by atoms with Crippen LogP contribution in [0, 0.1) is 11.8 Å². The van der Waals surface area contributed by atoms with Crippen LogP contribution in [-0.2, 0) is 6.54 Å². The second-order valence-corrected chi connectivity index (χ2v) is 9.34. The van der Waals surface area contributed by atoms with E-state index in [1.165, 1.54) is 50.5 Å². The van der Waals surface area contributed by atoms with E-state index in [2.05, 4.69) is 35.2 Å². The summed E-state index contributed by atoms with van der Waals surface area (Å²) in [6.45, 7) is 4.13. The Bertz CT molecular complexity index is 731. The summed E-state index contributed by atoms with van der Waals surface area (Å²) in [4.78, 5) is 2.54. The topological polar surface area (TPSA) is 32.7 Å². The summed E-state index contributed by atoms with van der Waals surface area (Å²) in [5.41, 5.74) is 2.41. The van der Waals surface area contributed by atoms with E-state index in [-0.39, 0.29) is 6.10 Å². The molecule has 2 fully saturated rings. The normalized spacial score (nSPS) is 20.2. The Balaban J connectivity index is 1.19. The second kappa shape index (κ2) is 11.0. The van der Waals surface area contributed by atoms with E-state index in [1.54, 1.807) is 0 Å². The van der Waals surface area contributed by atoms with Crippen LogP contribution >= 0.6 is 0 Å². The van der Waals surface area contributed by atoms with Crippen molar-refractivity contribution in [1.29, 1.82) is 0 Å². The number of aliphatic hydroxyl groups is 1. The van der Waals surface area contributed by atoms with Gasteiger partial charge in [0.1, 0.15) is 5.75 Å². The predicted molar refractivity (Wildman–Crippen MR) is 123 cm³/mol. The number of aliphatic hydroxyl groups excluding tert-OH is 1. The van der Waals surface area contributed by atoms with Gasteiger partial charge in [0.05, 0.1) is 12.7 Å². The Labute approximate surface area is 182 Å². The Hall–Kier alpha value is -1.84. The average Bonchev–Trinajstić information content (AvgIpc) is 2.81. The zero-order chi connectivity index (χ0) is 20.6. The van der Waals surface area contributed by atoms with Crippen LogP contribution in [0.5, 0.6) is 5.75 Å². The first-order valence-corrected chi connectivity index (χ1v) is 11.9. The first kappa shape index (κ1) is 21.4. The lowest BCUT2D eigenvalue weighted by Crippen LogP contribution is -2.33. The van der Waals surface area contributed by atoms with Gasteiger partial charge < -0.3 is 9.84 Å². The maximum absolute atomic E-state index is 10.7. The Morgan fingerprint density at radius 3 is 2.23 bits per heavy atom. The molecule has 1 N–H and O–H groups in total. The Kier molecular flexibility index (Phi) is 7.82. The zero-order valence-electron chi connectivity index (χ0n) is 18.2. The second-order valence-electron chi connectivity index (χ2n) is 9.34. The molecule has 2 aliphatic rings.